The van der Waals surface area contributed by atoms with Crippen molar-refractivity contribution in [1.82, 2.24) is 52.6 Å². The van der Waals surface area contributed by atoms with Gasteiger partial charge in [0.25, 0.3) is 10.0 Å². The lowest BCUT2D eigenvalue weighted by Gasteiger charge is -2.54. The number of nitrogens with two attached hydrogens (primary N) is 1. The molecule has 0 unspecified atom stereocenters. The third-order valence-corrected chi connectivity index (χ3v) is 26.5. The molecule has 11 aliphatic rings. The van der Waals surface area contributed by atoms with Gasteiger partial charge in [0, 0.05) is 35.2 Å². The van der Waals surface area contributed by atoms with Gasteiger partial charge in [-0.2, -0.15) is 0 Å². The Morgan fingerprint density at radius 2 is 1.29 bits per heavy atom. The number of hydrogen-bond donors (Lipinski definition) is 20. The van der Waals surface area contributed by atoms with Crippen LogP contribution in [0.25, 0.3) is 11.1 Å². The first-order valence-corrected chi connectivity index (χ1v) is 43.8. The second-order valence-corrected chi connectivity index (χ2v) is 36.7. The van der Waals surface area contributed by atoms with Crippen LogP contribution in [0.2, 0.25) is 10.0 Å². The van der Waals surface area contributed by atoms with E-state index in [0.29, 0.717) is 24.8 Å². The summed E-state index contributed by atoms with van der Waals surface area (Å²) in [4.78, 5) is 125. The fourth-order valence-electron chi connectivity index (χ4n) is 18.3. The van der Waals surface area contributed by atoms with Crippen molar-refractivity contribution in [3.63, 3.8) is 0 Å². The van der Waals surface area contributed by atoms with Crippen molar-refractivity contribution in [3.05, 3.63) is 141 Å². The summed E-state index contributed by atoms with van der Waals surface area (Å²) in [6, 6.07) is 4.07. The molecule has 6 fully saturated rings. The minimum atomic E-state index is -4.93. The van der Waals surface area contributed by atoms with E-state index in [1.54, 1.807) is 20.9 Å². The standard InChI is InChI=1S/C86H103Cl2N11O26S/c1-36(2)20-53(91-6)78(110)97-69-71(105)41-9-16-57(51(87)27-41)121-59-29-45-30-60(75(59)125-85-76(74(108)73(107)61(35-100)123-85)124-63-34-86(4,89)77(109)37(3)120-63)122-58-17-10-42(28-52(58)88)72(106)70-84(116)96-68(82(114)93-65-43-22-38-21-39(24-43)25-44(65)23-38)50-31-46(101)32-56(103)64(50)49-26-40(8-15-55(49)102)66(80(112)98-70)95-81(113)67(45)94-79(111)54(92-83(69)115)33-62(104)99-126(117,118)48-13-11-47(12-14-48)119-19-7-18-90-5/h8-17,26-32,36-39,43-44,53-54,61,63,65-74,76-77,85,90-91,100-103,105-109H,7,18-25,33-35,89H2,1-6H3,(H,92,115)(H,93,114)(H,94,111)(H,95,113)(H,96,116)(H,97,110)(H,98,112)(H,99,104)/t37-,38?,39?,43?,44?,53+,54-,61+,63-,65?,66+,67+,68-,69+,70-,71+,72+,73+,74-,76+,77+,85-,86-/m0/s1. The quantitative estimate of drug-likeness (QED) is 0.0461. The second-order valence-electron chi connectivity index (χ2n) is 34.2. The number of aliphatic hydroxyl groups excluding tert-OH is 6. The number of amides is 8. The zero-order valence-electron chi connectivity index (χ0n) is 69.3. The minimum absolute atomic E-state index is 0.0439. The number of hydrogen-bond acceptors (Lipinski definition) is 29. The number of halogens is 2. The van der Waals surface area contributed by atoms with E-state index < -0.39 is 252 Å². The van der Waals surface area contributed by atoms with Gasteiger partial charge < -0.3 is 133 Å². The van der Waals surface area contributed by atoms with E-state index in [9.17, 15) is 64.0 Å². The van der Waals surface area contributed by atoms with Crippen LogP contribution in [0.5, 0.6) is 51.7 Å². The van der Waals surface area contributed by atoms with Gasteiger partial charge in [-0.3, -0.25) is 38.4 Å². The lowest BCUT2D eigenvalue weighted by atomic mass is 9.54. The van der Waals surface area contributed by atoms with Crippen LogP contribution in [0.15, 0.2) is 108 Å². The molecule has 0 aromatic heterocycles. The number of carbonyl (C=O) groups is 8. The Morgan fingerprint density at radius 3 is 1.90 bits per heavy atom. The topological polar surface area (TPSA) is 564 Å². The van der Waals surface area contributed by atoms with Crippen LogP contribution >= 0.6 is 23.2 Å². The summed E-state index contributed by atoms with van der Waals surface area (Å²) in [5.41, 5.74) is 2.71. The first-order chi connectivity index (χ1) is 59.9. The fourth-order valence-corrected chi connectivity index (χ4v) is 19.8. The number of phenolic OH excluding ortho intramolecular Hbond substituents is 3. The molecule has 37 nitrogen and oxygen atoms in total. The van der Waals surface area contributed by atoms with Crippen LogP contribution in [-0.4, -0.2) is 220 Å². The Hall–Kier alpha value is -10.3. The van der Waals surface area contributed by atoms with Gasteiger partial charge in [-0.05, 0) is 216 Å². The number of aliphatic hydroxyl groups is 6. The van der Waals surface area contributed by atoms with Gasteiger partial charge in [0.1, 0.15) is 101 Å². The van der Waals surface area contributed by atoms with Crippen molar-refractivity contribution in [3.8, 4) is 62.9 Å². The normalized spacial score (nSPS) is 30.3. The van der Waals surface area contributed by atoms with E-state index >= 15 is 28.8 Å². The molecule has 2 saturated heterocycles. The van der Waals surface area contributed by atoms with E-state index in [2.05, 4.69) is 47.9 Å². The lowest BCUT2D eigenvalue weighted by Crippen LogP contribution is -2.64. The third kappa shape index (κ3) is 19.7. The van der Waals surface area contributed by atoms with Crippen molar-refractivity contribution in [2.45, 2.75) is 206 Å². The number of likely N-dealkylation sites (N-methyl/N-ethyl adjacent to an activating group) is 1. The number of ether oxygens (including phenoxy) is 7. The summed E-state index contributed by atoms with van der Waals surface area (Å²) in [5.74, 6) is -14.2. The molecule has 4 saturated carbocycles. The summed E-state index contributed by atoms with van der Waals surface area (Å²) >= 11 is 14.5. The third-order valence-electron chi connectivity index (χ3n) is 24.5. The summed E-state index contributed by atoms with van der Waals surface area (Å²) in [5, 5.41) is 130. The van der Waals surface area contributed by atoms with Gasteiger partial charge in [0.05, 0.1) is 52.8 Å². The number of rotatable bonds is 21. The van der Waals surface area contributed by atoms with Gasteiger partial charge >= 0.3 is 0 Å². The maximum Gasteiger partial charge on any atom is 0.264 e. The van der Waals surface area contributed by atoms with Crippen molar-refractivity contribution >= 4 is 80.5 Å². The van der Waals surface area contributed by atoms with Gasteiger partial charge in [-0.25, -0.2) is 13.1 Å². The predicted molar refractivity (Wildman–Crippen MR) is 447 cm³/mol. The van der Waals surface area contributed by atoms with E-state index in [1.165, 1.54) is 51.2 Å². The predicted octanol–water partition coefficient (Wildman–Crippen LogP) is 2.97. The number of carbonyl (C=O) groups excluding carboxylic acids is 8. The summed E-state index contributed by atoms with van der Waals surface area (Å²) in [6.45, 7) is 6.44. The lowest BCUT2D eigenvalue weighted by molar-refractivity contribution is -0.333. The molecular formula is C86H103Cl2N11O26S. The average Bonchev–Trinajstić information content (AvgIpc) is 0.755. The second kappa shape index (κ2) is 38.0. The van der Waals surface area contributed by atoms with Crippen molar-refractivity contribution in [1.29, 1.82) is 0 Å². The Bertz CT molecular complexity index is 5240. The molecule has 126 heavy (non-hydrogen) atoms. The highest BCUT2D eigenvalue weighted by Crippen LogP contribution is 2.55. The zero-order chi connectivity index (χ0) is 90.4. The first-order valence-electron chi connectivity index (χ1n) is 41.6. The van der Waals surface area contributed by atoms with Crippen LogP contribution < -0.4 is 77.3 Å². The van der Waals surface area contributed by atoms with E-state index in [4.69, 9.17) is 62.1 Å². The largest absolute Gasteiger partial charge is 0.508 e. The average molecular weight is 1810 g/mol. The molecular weight excluding hydrogens is 1710 g/mol. The van der Waals surface area contributed by atoms with E-state index in [1.807, 2.05) is 4.72 Å². The van der Waals surface area contributed by atoms with Gasteiger partial charge in [0.15, 0.2) is 23.9 Å². The van der Waals surface area contributed by atoms with E-state index in [-0.39, 0.29) is 76.5 Å². The molecule has 4 aliphatic carbocycles. The molecule has 678 valence electrons. The molecule has 6 aromatic rings. The first kappa shape index (κ1) is 91.9. The van der Waals surface area contributed by atoms with Crippen molar-refractivity contribution in [2.75, 3.05) is 33.9 Å². The number of aromatic hydroxyl groups is 3. The van der Waals surface area contributed by atoms with Crippen molar-refractivity contribution < 1.29 is 126 Å². The molecule has 15 bridgehead atoms. The highest BCUT2D eigenvalue weighted by molar-refractivity contribution is 7.90. The van der Waals surface area contributed by atoms with Crippen LogP contribution in [0.4, 0.5) is 0 Å². The Labute approximate surface area is 733 Å². The van der Waals surface area contributed by atoms with E-state index in [0.717, 1.165) is 105 Å². The molecule has 18 atom stereocenters. The summed E-state index contributed by atoms with van der Waals surface area (Å²) in [7, 11) is -1.72. The van der Waals surface area contributed by atoms with Gasteiger partial charge in [-0.1, -0.05) is 55.2 Å². The molecule has 7 heterocycles. The van der Waals surface area contributed by atoms with Crippen LogP contribution in [0.3, 0.4) is 0 Å². The molecule has 0 radical (unpaired) electrons. The zero-order valence-corrected chi connectivity index (χ0v) is 71.6. The van der Waals surface area contributed by atoms with Crippen molar-refractivity contribution in [2.24, 2.45) is 35.3 Å². The number of sulfonamides is 1. The Morgan fingerprint density at radius 1 is 0.675 bits per heavy atom. The minimum Gasteiger partial charge on any atom is -0.508 e. The number of phenols is 3. The monoisotopic (exact) mass is 1810 g/mol. The molecule has 8 amide bonds. The SMILES string of the molecule is CNCCCOc1ccc(S(=O)(=O)NC(=O)C[C@@H]2NC(=O)[C@H](NC(=O)[C@@H](CC(C)C)NC)[C@H](O)c3ccc(c(Cl)c3)Oc3cc4cc(c3O[C@@H]3O[C@H](CO)[C@@H](O)[C@H](O)[C@H]3O[C@H]3C[C@](C)(N)[C@H](O)[C@H](C)O3)Oc3ccc(cc3Cl)[C@@H](O)[C@@H]3NC(=O)[C@H](NC(=O)[C@@H]4NC2=O)c2ccc(O)c(c2)-c2c(O)cc(O)cc2[C@@H](C(=O)NC2C4CC5CC(C4)CC2C5)NC3=O)cc1. The highest BCUT2D eigenvalue weighted by atomic mass is 35.5. The fraction of sp³-hybridized carbons (Fsp3) is 0.488. The van der Waals surface area contributed by atoms with Gasteiger partial charge in [-0.15, -0.1) is 0 Å². The molecule has 6 aromatic carbocycles. The number of fused-ring (bicyclic) bond motifs is 15. The summed E-state index contributed by atoms with van der Waals surface area (Å²) in [6.07, 6.45) is -14.4. The maximum atomic E-state index is 16.7. The highest BCUT2D eigenvalue weighted by Gasteiger charge is 2.53. The van der Waals surface area contributed by atoms with Crippen LogP contribution in [0.1, 0.15) is 144 Å². The number of nitrogens with one attached hydrogen (secondary N) is 10. The maximum absolute atomic E-state index is 16.7. The molecule has 17 rings (SSSR count). The number of benzene rings is 6. The molecule has 21 N–H and O–H groups in total. The Kier molecular flexibility index (Phi) is 27.7. The van der Waals surface area contributed by atoms with Crippen LogP contribution in [0, 0.1) is 29.6 Å². The summed E-state index contributed by atoms with van der Waals surface area (Å²) < 4.78 is 75.3. The smallest absolute Gasteiger partial charge is 0.264 e. The molecule has 40 heteroatoms. The van der Waals surface area contributed by atoms with Crippen LogP contribution in [-0.2, 0) is 62.6 Å². The molecule has 0 spiro atoms. The molecule has 7 aliphatic heterocycles. The Balaban J connectivity index is 0.964. The van der Waals surface area contributed by atoms with Gasteiger partial charge in [0.2, 0.25) is 59.3 Å².